The summed E-state index contributed by atoms with van der Waals surface area (Å²) in [6, 6.07) is 4.55. The Balaban J connectivity index is 1.79. The number of likely N-dealkylation sites (tertiary alicyclic amines) is 1. The van der Waals surface area contributed by atoms with E-state index in [0.717, 1.165) is 29.8 Å². The Morgan fingerprint density at radius 3 is 2.86 bits per heavy atom. The molecule has 0 bridgehead atoms. The number of hydrogen-bond donors (Lipinski definition) is 1. The third-order valence-electron chi connectivity index (χ3n) is 4.06. The summed E-state index contributed by atoms with van der Waals surface area (Å²) in [5, 5.41) is 0.803. The maximum atomic E-state index is 13.3. The summed E-state index contributed by atoms with van der Waals surface area (Å²) < 4.78 is 19.0. The highest BCUT2D eigenvalue weighted by atomic mass is 19.1. The second kappa shape index (κ2) is 5.76. The zero-order valence-electron chi connectivity index (χ0n) is 12.2. The van der Waals surface area contributed by atoms with Gasteiger partial charge in [-0.2, -0.15) is 0 Å². The van der Waals surface area contributed by atoms with Crippen molar-refractivity contribution in [2.45, 2.75) is 32.7 Å². The van der Waals surface area contributed by atoms with Gasteiger partial charge < -0.3 is 15.1 Å². The van der Waals surface area contributed by atoms with Crippen LogP contribution in [0.15, 0.2) is 27.6 Å². The first-order valence-electron chi connectivity index (χ1n) is 7.37. The molecule has 3 rings (SSSR count). The van der Waals surface area contributed by atoms with Crippen LogP contribution in [0.4, 0.5) is 4.39 Å². The molecule has 21 heavy (non-hydrogen) atoms. The number of aliphatic imine (C=N–C) groups is 1. The number of piperidine rings is 1. The number of benzene rings is 1. The summed E-state index contributed by atoms with van der Waals surface area (Å²) in [6.07, 6.45) is 3.59. The number of nitrogens with two attached hydrogens (primary N) is 1. The van der Waals surface area contributed by atoms with Crippen LogP contribution in [-0.4, -0.2) is 23.9 Å². The van der Waals surface area contributed by atoms with E-state index in [1.165, 1.54) is 31.4 Å². The molecule has 1 saturated heterocycles. The van der Waals surface area contributed by atoms with Crippen molar-refractivity contribution in [1.29, 1.82) is 0 Å². The van der Waals surface area contributed by atoms with E-state index in [0.29, 0.717) is 18.1 Å². The highest BCUT2D eigenvalue weighted by Crippen LogP contribution is 2.26. The quantitative estimate of drug-likeness (QED) is 0.682. The summed E-state index contributed by atoms with van der Waals surface area (Å²) in [4.78, 5) is 6.54. The lowest BCUT2D eigenvalue weighted by Crippen LogP contribution is -2.40. The number of hydrogen-bond acceptors (Lipinski definition) is 2. The maximum Gasteiger partial charge on any atom is 0.191 e. The molecule has 0 unspecified atom stereocenters. The predicted octanol–water partition coefficient (Wildman–Crippen LogP) is 3.18. The summed E-state index contributed by atoms with van der Waals surface area (Å²) in [6.45, 7) is 4.26. The summed E-state index contributed by atoms with van der Waals surface area (Å²) in [7, 11) is 0. The Morgan fingerprint density at radius 1 is 1.33 bits per heavy atom. The molecule has 5 heteroatoms. The monoisotopic (exact) mass is 289 g/mol. The lowest BCUT2D eigenvalue weighted by atomic mass is 10.1. The Bertz CT molecular complexity index is 671. The Labute approximate surface area is 123 Å². The van der Waals surface area contributed by atoms with Crippen molar-refractivity contribution < 1.29 is 8.81 Å². The van der Waals surface area contributed by atoms with Crippen LogP contribution in [0.2, 0.25) is 0 Å². The van der Waals surface area contributed by atoms with Crippen LogP contribution < -0.4 is 5.73 Å². The number of aryl methyl sites for hydroxylation is 1. The molecular formula is C16H20FN3O. The zero-order valence-corrected chi connectivity index (χ0v) is 12.2. The molecule has 0 atom stereocenters. The van der Waals surface area contributed by atoms with E-state index in [1.54, 1.807) is 6.07 Å². The van der Waals surface area contributed by atoms with Crippen molar-refractivity contribution >= 4 is 16.9 Å². The molecule has 4 nitrogen and oxygen atoms in total. The van der Waals surface area contributed by atoms with E-state index in [1.807, 2.05) is 6.92 Å². The van der Waals surface area contributed by atoms with Crippen molar-refractivity contribution in [3.63, 3.8) is 0 Å². The van der Waals surface area contributed by atoms with Crippen molar-refractivity contribution in [1.82, 2.24) is 4.90 Å². The molecule has 0 saturated carbocycles. The van der Waals surface area contributed by atoms with Gasteiger partial charge in [0.05, 0.1) is 0 Å². The second-order valence-electron chi connectivity index (χ2n) is 5.51. The SMILES string of the molecule is Cc1c(CN=C(N)N2CCCCC2)oc2ccc(F)cc12. The van der Waals surface area contributed by atoms with Crippen LogP contribution in [0.25, 0.3) is 11.0 Å². The molecular weight excluding hydrogens is 269 g/mol. The van der Waals surface area contributed by atoms with Crippen LogP contribution in [0.3, 0.4) is 0 Å². The fourth-order valence-corrected chi connectivity index (χ4v) is 2.77. The largest absolute Gasteiger partial charge is 0.459 e. The smallest absolute Gasteiger partial charge is 0.191 e. The molecule has 0 amide bonds. The van der Waals surface area contributed by atoms with Gasteiger partial charge in [-0.05, 0) is 44.4 Å². The minimum atomic E-state index is -0.255. The highest BCUT2D eigenvalue weighted by Gasteiger charge is 2.14. The van der Waals surface area contributed by atoms with E-state index in [9.17, 15) is 4.39 Å². The van der Waals surface area contributed by atoms with Crippen LogP contribution in [0.5, 0.6) is 0 Å². The Kier molecular flexibility index (Phi) is 3.82. The zero-order chi connectivity index (χ0) is 14.8. The van der Waals surface area contributed by atoms with Gasteiger partial charge in [0, 0.05) is 24.0 Å². The summed E-state index contributed by atoms with van der Waals surface area (Å²) in [5.41, 5.74) is 7.66. The number of rotatable bonds is 2. The maximum absolute atomic E-state index is 13.3. The van der Waals surface area contributed by atoms with Crippen molar-refractivity contribution in [3.8, 4) is 0 Å². The molecule has 1 fully saturated rings. The van der Waals surface area contributed by atoms with E-state index >= 15 is 0 Å². The lowest BCUT2D eigenvalue weighted by molar-refractivity contribution is 0.337. The minimum absolute atomic E-state index is 0.255. The lowest BCUT2D eigenvalue weighted by Gasteiger charge is -2.27. The predicted molar refractivity (Wildman–Crippen MR) is 81.7 cm³/mol. The molecule has 1 aliphatic heterocycles. The molecule has 1 aliphatic rings. The average Bonchev–Trinajstić information content (AvgIpc) is 2.82. The van der Waals surface area contributed by atoms with Crippen LogP contribution in [0, 0.1) is 12.7 Å². The van der Waals surface area contributed by atoms with Gasteiger partial charge in [0.2, 0.25) is 0 Å². The standard InChI is InChI=1S/C16H20FN3O/c1-11-13-9-12(17)5-6-14(13)21-15(11)10-19-16(18)20-7-3-2-4-8-20/h5-6,9H,2-4,7-8,10H2,1H3,(H2,18,19). The van der Waals surface area contributed by atoms with Gasteiger partial charge in [0.1, 0.15) is 23.7 Å². The Morgan fingerprint density at radius 2 is 2.10 bits per heavy atom. The van der Waals surface area contributed by atoms with E-state index in [2.05, 4.69) is 9.89 Å². The number of furan rings is 1. The van der Waals surface area contributed by atoms with E-state index in [-0.39, 0.29) is 5.82 Å². The van der Waals surface area contributed by atoms with Gasteiger partial charge in [0.25, 0.3) is 0 Å². The molecule has 1 aromatic heterocycles. The van der Waals surface area contributed by atoms with E-state index in [4.69, 9.17) is 10.2 Å². The van der Waals surface area contributed by atoms with Crippen LogP contribution >= 0.6 is 0 Å². The summed E-state index contributed by atoms with van der Waals surface area (Å²) >= 11 is 0. The van der Waals surface area contributed by atoms with Crippen molar-refractivity contribution in [2.24, 2.45) is 10.7 Å². The van der Waals surface area contributed by atoms with Crippen molar-refractivity contribution in [2.75, 3.05) is 13.1 Å². The summed E-state index contributed by atoms with van der Waals surface area (Å²) in [5.74, 6) is 1.06. The average molecular weight is 289 g/mol. The van der Waals surface area contributed by atoms with Gasteiger partial charge in [-0.3, -0.25) is 0 Å². The molecule has 2 aromatic rings. The van der Waals surface area contributed by atoms with Gasteiger partial charge in [-0.15, -0.1) is 0 Å². The van der Waals surface area contributed by atoms with E-state index < -0.39 is 0 Å². The molecule has 0 spiro atoms. The second-order valence-corrected chi connectivity index (χ2v) is 5.51. The molecule has 2 heterocycles. The van der Waals surface area contributed by atoms with Gasteiger partial charge in [-0.25, -0.2) is 9.38 Å². The number of halogens is 1. The first-order valence-corrected chi connectivity index (χ1v) is 7.37. The molecule has 2 N–H and O–H groups in total. The number of guanidine groups is 1. The number of nitrogens with zero attached hydrogens (tertiary/aromatic N) is 2. The van der Waals surface area contributed by atoms with Gasteiger partial charge in [0.15, 0.2) is 5.96 Å². The first-order chi connectivity index (χ1) is 10.1. The third kappa shape index (κ3) is 2.86. The van der Waals surface area contributed by atoms with Crippen LogP contribution in [-0.2, 0) is 6.54 Å². The first kappa shape index (κ1) is 13.9. The number of fused-ring (bicyclic) bond motifs is 1. The molecule has 112 valence electrons. The normalized spacial score (nSPS) is 16.7. The molecule has 0 aliphatic carbocycles. The fraction of sp³-hybridized carbons (Fsp3) is 0.438. The van der Waals surface area contributed by atoms with Crippen molar-refractivity contribution in [3.05, 3.63) is 35.3 Å². The highest BCUT2D eigenvalue weighted by molar-refractivity contribution is 5.82. The topological polar surface area (TPSA) is 54.8 Å². The molecule has 1 aromatic carbocycles. The molecule has 0 radical (unpaired) electrons. The van der Waals surface area contributed by atoms with Crippen LogP contribution in [0.1, 0.15) is 30.6 Å². The third-order valence-corrected chi connectivity index (χ3v) is 4.06. The fourth-order valence-electron chi connectivity index (χ4n) is 2.77. The minimum Gasteiger partial charge on any atom is -0.459 e. The van der Waals surface area contributed by atoms with Gasteiger partial charge in [-0.1, -0.05) is 0 Å². The Hall–Kier alpha value is -2.04. The van der Waals surface area contributed by atoms with Gasteiger partial charge >= 0.3 is 0 Å².